The second-order valence-electron chi connectivity index (χ2n) is 5.39. The lowest BCUT2D eigenvalue weighted by atomic mass is 10.1. The van der Waals surface area contributed by atoms with Gasteiger partial charge in [-0.25, -0.2) is 4.79 Å². The van der Waals surface area contributed by atoms with E-state index >= 15 is 0 Å². The number of nitrogens with zero attached hydrogens (tertiary/aromatic N) is 1. The normalized spacial score (nSPS) is 10.3. The minimum atomic E-state index is -0.624. The molecule has 132 valence electrons. The van der Waals surface area contributed by atoms with E-state index in [2.05, 4.69) is 5.32 Å². The minimum absolute atomic E-state index is 0.165. The molecule has 1 heterocycles. The van der Waals surface area contributed by atoms with Crippen molar-refractivity contribution in [3.63, 3.8) is 0 Å². The maximum Gasteiger partial charge on any atom is 0.341 e. The number of benzene rings is 1. The summed E-state index contributed by atoms with van der Waals surface area (Å²) >= 11 is 7.06. The number of amides is 2. The summed E-state index contributed by atoms with van der Waals surface area (Å²) < 4.78 is 4.79. The van der Waals surface area contributed by atoms with Crippen LogP contribution in [0, 0.1) is 6.92 Å². The monoisotopic (exact) mass is 380 g/mol. The molecule has 2 aromatic rings. The van der Waals surface area contributed by atoms with Crippen molar-refractivity contribution in [1.82, 2.24) is 4.90 Å². The number of halogens is 1. The van der Waals surface area contributed by atoms with Crippen LogP contribution < -0.4 is 5.32 Å². The molecule has 1 aromatic heterocycles. The third-order valence-corrected chi connectivity index (χ3v) is 5.01. The van der Waals surface area contributed by atoms with Crippen molar-refractivity contribution >= 4 is 45.7 Å². The van der Waals surface area contributed by atoms with Gasteiger partial charge in [-0.05, 0) is 24.6 Å². The molecule has 1 N–H and O–H groups in total. The molecule has 0 atom stereocenters. The summed E-state index contributed by atoms with van der Waals surface area (Å²) in [5.74, 6) is -1.35. The highest BCUT2D eigenvalue weighted by Gasteiger charge is 2.27. The number of hydrogen-bond acceptors (Lipinski definition) is 5. The number of esters is 1. The number of nitrogens with one attached hydrogen (secondary N) is 1. The molecule has 0 bridgehead atoms. The molecule has 0 saturated heterocycles. The van der Waals surface area contributed by atoms with E-state index in [-0.39, 0.29) is 27.1 Å². The van der Waals surface area contributed by atoms with Crippen LogP contribution >= 0.6 is 22.9 Å². The zero-order valence-electron chi connectivity index (χ0n) is 14.2. The van der Waals surface area contributed by atoms with E-state index in [9.17, 15) is 14.4 Å². The molecule has 0 aliphatic rings. The van der Waals surface area contributed by atoms with Crippen molar-refractivity contribution in [3.8, 4) is 0 Å². The van der Waals surface area contributed by atoms with E-state index in [1.165, 1.54) is 12.0 Å². The summed E-state index contributed by atoms with van der Waals surface area (Å²) in [7, 11) is 4.47. The Bertz CT molecular complexity index is 845. The molecule has 2 amide bonds. The van der Waals surface area contributed by atoms with Crippen LogP contribution in [0.2, 0.25) is 5.02 Å². The zero-order chi connectivity index (χ0) is 18.7. The second kappa shape index (κ2) is 7.67. The Labute approximate surface area is 154 Å². The number of thiophene rings is 1. The Kier molecular flexibility index (Phi) is 5.81. The highest BCUT2D eigenvalue weighted by atomic mass is 35.5. The first-order valence-electron chi connectivity index (χ1n) is 7.27. The summed E-state index contributed by atoms with van der Waals surface area (Å²) in [6.45, 7) is 1.64. The number of carbonyl (C=O) groups is 3. The quantitative estimate of drug-likeness (QED) is 0.824. The molecule has 1 aromatic carbocycles. The number of rotatable bonds is 4. The van der Waals surface area contributed by atoms with Crippen LogP contribution in [-0.2, 0) is 4.74 Å². The van der Waals surface area contributed by atoms with Crippen molar-refractivity contribution in [2.45, 2.75) is 6.92 Å². The van der Waals surface area contributed by atoms with Gasteiger partial charge >= 0.3 is 5.97 Å². The molecule has 0 aliphatic carbocycles. The maximum absolute atomic E-state index is 12.5. The van der Waals surface area contributed by atoms with E-state index < -0.39 is 11.9 Å². The van der Waals surface area contributed by atoms with Gasteiger partial charge in [0.05, 0.1) is 28.1 Å². The molecule has 0 aliphatic heterocycles. The number of carbonyl (C=O) groups excluding carboxylic acids is 3. The van der Waals surface area contributed by atoms with Gasteiger partial charge in [-0.2, -0.15) is 0 Å². The number of methoxy groups -OCH3 is 1. The maximum atomic E-state index is 12.5. The smallest absolute Gasteiger partial charge is 0.341 e. The fourth-order valence-electron chi connectivity index (χ4n) is 2.17. The first-order valence-corrected chi connectivity index (χ1v) is 8.46. The summed E-state index contributed by atoms with van der Waals surface area (Å²) in [6, 6.07) is 6.56. The Morgan fingerprint density at radius 2 is 1.84 bits per heavy atom. The predicted molar refractivity (Wildman–Crippen MR) is 97.8 cm³/mol. The lowest BCUT2D eigenvalue weighted by molar-refractivity contribution is 0.0601. The van der Waals surface area contributed by atoms with Gasteiger partial charge in [0.2, 0.25) is 0 Å². The van der Waals surface area contributed by atoms with Crippen molar-refractivity contribution < 1.29 is 19.1 Å². The predicted octanol–water partition coefficient (Wildman–Crippen LogP) is 3.45. The highest BCUT2D eigenvalue weighted by molar-refractivity contribution is 7.18. The van der Waals surface area contributed by atoms with Gasteiger partial charge in [0, 0.05) is 14.1 Å². The zero-order valence-corrected chi connectivity index (χ0v) is 15.7. The second-order valence-corrected chi connectivity index (χ2v) is 6.81. The average Bonchev–Trinajstić information content (AvgIpc) is 2.89. The summed E-state index contributed by atoms with van der Waals surface area (Å²) in [6.07, 6.45) is 0. The standard InChI is InChI=1S/C17H17ClN2O4S/c1-9-12(17(23)24-4)15(25-13(9)16(22)20(2)3)19-14(21)10-7-5-6-8-11(10)18/h5-8H,1-4H3,(H,19,21). The summed E-state index contributed by atoms with van der Waals surface area (Å²) in [4.78, 5) is 38.7. The summed E-state index contributed by atoms with van der Waals surface area (Å²) in [5, 5.41) is 3.20. The Morgan fingerprint density at radius 3 is 2.40 bits per heavy atom. The van der Waals surface area contributed by atoms with Crippen LogP contribution in [0.5, 0.6) is 0 Å². The number of hydrogen-bond donors (Lipinski definition) is 1. The SMILES string of the molecule is COC(=O)c1c(NC(=O)c2ccccc2Cl)sc(C(=O)N(C)C)c1C. The van der Waals surface area contributed by atoms with Gasteiger partial charge in [0.25, 0.3) is 11.8 Å². The van der Waals surface area contributed by atoms with Crippen molar-refractivity contribution in [2.24, 2.45) is 0 Å². The lowest BCUT2D eigenvalue weighted by Crippen LogP contribution is -2.21. The number of anilines is 1. The minimum Gasteiger partial charge on any atom is -0.465 e. The average molecular weight is 381 g/mol. The van der Waals surface area contributed by atoms with Gasteiger partial charge in [-0.15, -0.1) is 11.3 Å². The Morgan fingerprint density at radius 1 is 1.20 bits per heavy atom. The van der Waals surface area contributed by atoms with Crippen molar-refractivity contribution in [3.05, 3.63) is 50.9 Å². The third-order valence-electron chi connectivity index (χ3n) is 3.48. The van der Waals surface area contributed by atoms with Crippen LogP contribution in [0.15, 0.2) is 24.3 Å². The fraction of sp³-hybridized carbons (Fsp3) is 0.235. The first kappa shape index (κ1) is 19.0. The van der Waals surface area contributed by atoms with E-state index in [1.807, 2.05) is 0 Å². The van der Waals surface area contributed by atoms with Crippen LogP contribution in [0.3, 0.4) is 0 Å². The topological polar surface area (TPSA) is 75.7 Å². The molecule has 0 fully saturated rings. The number of ether oxygens (including phenoxy) is 1. The van der Waals surface area contributed by atoms with Gasteiger partial charge < -0.3 is 15.0 Å². The van der Waals surface area contributed by atoms with Crippen LogP contribution in [0.1, 0.15) is 36.0 Å². The largest absolute Gasteiger partial charge is 0.465 e. The van der Waals surface area contributed by atoms with E-state index in [0.717, 1.165) is 11.3 Å². The van der Waals surface area contributed by atoms with Gasteiger partial charge in [0.15, 0.2) is 0 Å². The molecule has 25 heavy (non-hydrogen) atoms. The molecule has 0 unspecified atom stereocenters. The van der Waals surface area contributed by atoms with Crippen LogP contribution in [-0.4, -0.2) is 43.9 Å². The van der Waals surface area contributed by atoms with Gasteiger partial charge in [-0.1, -0.05) is 23.7 Å². The fourth-order valence-corrected chi connectivity index (χ4v) is 3.61. The molecule has 6 nitrogen and oxygen atoms in total. The molecule has 0 radical (unpaired) electrons. The molecule has 8 heteroatoms. The van der Waals surface area contributed by atoms with Gasteiger partial charge in [-0.3, -0.25) is 9.59 Å². The third kappa shape index (κ3) is 3.83. The van der Waals surface area contributed by atoms with E-state index in [0.29, 0.717) is 10.4 Å². The van der Waals surface area contributed by atoms with Gasteiger partial charge in [0.1, 0.15) is 5.00 Å². The molecular weight excluding hydrogens is 364 g/mol. The van der Waals surface area contributed by atoms with Crippen LogP contribution in [0.25, 0.3) is 0 Å². The molecule has 0 spiro atoms. The highest BCUT2D eigenvalue weighted by Crippen LogP contribution is 2.35. The van der Waals surface area contributed by atoms with Crippen molar-refractivity contribution in [1.29, 1.82) is 0 Å². The molecule has 2 rings (SSSR count). The van der Waals surface area contributed by atoms with E-state index in [1.54, 1.807) is 45.3 Å². The lowest BCUT2D eigenvalue weighted by Gasteiger charge is -2.08. The Balaban J connectivity index is 2.47. The summed E-state index contributed by atoms with van der Waals surface area (Å²) in [5.41, 5.74) is 0.898. The first-order chi connectivity index (χ1) is 11.8. The van der Waals surface area contributed by atoms with Crippen molar-refractivity contribution in [2.75, 3.05) is 26.5 Å². The molecular formula is C17H17ClN2O4S. The Hall–Kier alpha value is -2.38. The van der Waals surface area contributed by atoms with E-state index in [4.69, 9.17) is 16.3 Å². The van der Waals surface area contributed by atoms with Crippen LogP contribution in [0.4, 0.5) is 5.00 Å². The molecule has 0 saturated carbocycles.